The molecule has 6 heteroatoms. The molecular weight excluding hydrogens is 326 g/mol. The van der Waals surface area contributed by atoms with Crippen molar-refractivity contribution in [3.05, 3.63) is 28.5 Å². The van der Waals surface area contributed by atoms with Gasteiger partial charge in [0.2, 0.25) is 0 Å². The van der Waals surface area contributed by atoms with Crippen LogP contribution in [-0.2, 0) is 0 Å². The molecular formula is C13H14BrF4N. The standard InChI is InChI=1S/C13H14BrF4N/c14-11-6-3-9(15)7-12(11)19-10-4-1-8(2-5-10)13(16,17)18/h3,6-8,10,19H,1-2,4-5H2. The summed E-state index contributed by atoms with van der Waals surface area (Å²) in [5, 5.41) is 3.11. The van der Waals surface area contributed by atoms with Crippen LogP contribution in [0.15, 0.2) is 22.7 Å². The van der Waals surface area contributed by atoms with E-state index in [1.807, 2.05) is 0 Å². The Morgan fingerprint density at radius 1 is 1.11 bits per heavy atom. The van der Waals surface area contributed by atoms with E-state index in [0.29, 0.717) is 23.0 Å². The highest BCUT2D eigenvalue weighted by atomic mass is 79.9. The maximum absolute atomic E-state index is 13.1. The minimum Gasteiger partial charge on any atom is -0.381 e. The van der Waals surface area contributed by atoms with Gasteiger partial charge in [0, 0.05) is 10.5 Å². The van der Waals surface area contributed by atoms with Gasteiger partial charge in [-0.3, -0.25) is 0 Å². The lowest BCUT2D eigenvalue weighted by Crippen LogP contribution is -2.32. The molecule has 1 nitrogen and oxygen atoms in total. The fourth-order valence-corrected chi connectivity index (χ4v) is 2.75. The van der Waals surface area contributed by atoms with Gasteiger partial charge in [-0.1, -0.05) is 0 Å². The lowest BCUT2D eigenvalue weighted by molar-refractivity contribution is -0.182. The fourth-order valence-electron chi connectivity index (χ4n) is 2.39. The molecule has 1 aliphatic rings. The third kappa shape index (κ3) is 3.84. The molecule has 0 aromatic heterocycles. The van der Waals surface area contributed by atoms with Gasteiger partial charge in [-0.25, -0.2) is 4.39 Å². The Labute approximate surface area is 117 Å². The van der Waals surface area contributed by atoms with Gasteiger partial charge in [-0.05, 0) is 59.8 Å². The Morgan fingerprint density at radius 3 is 2.32 bits per heavy atom. The van der Waals surface area contributed by atoms with Crippen LogP contribution >= 0.6 is 15.9 Å². The first-order chi connectivity index (χ1) is 8.86. The molecule has 0 heterocycles. The maximum atomic E-state index is 13.1. The number of benzene rings is 1. The zero-order valence-electron chi connectivity index (χ0n) is 10.1. The van der Waals surface area contributed by atoms with Gasteiger partial charge in [-0.15, -0.1) is 0 Å². The number of hydrogen-bond acceptors (Lipinski definition) is 1. The van der Waals surface area contributed by atoms with Gasteiger partial charge >= 0.3 is 6.18 Å². The number of nitrogens with one attached hydrogen (secondary N) is 1. The quantitative estimate of drug-likeness (QED) is 0.737. The fraction of sp³-hybridized carbons (Fsp3) is 0.538. The molecule has 0 radical (unpaired) electrons. The zero-order valence-corrected chi connectivity index (χ0v) is 11.7. The normalized spacial score (nSPS) is 24.3. The first-order valence-corrected chi connectivity index (χ1v) is 6.94. The molecule has 19 heavy (non-hydrogen) atoms. The van der Waals surface area contributed by atoms with Crippen LogP contribution in [0.3, 0.4) is 0 Å². The van der Waals surface area contributed by atoms with Gasteiger partial charge in [0.15, 0.2) is 0 Å². The van der Waals surface area contributed by atoms with E-state index < -0.39 is 12.1 Å². The van der Waals surface area contributed by atoms with Gasteiger partial charge in [0.1, 0.15) is 5.82 Å². The zero-order chi connectivity index (χ0) is 14.0. The van der Waals surface area contributed by atoms with E-state index in [-0.39, 0.29) is 24.7 Å². The summed E-state index contributed by atoms with van der Waals surface area (Å²) in [6.45, 7) is 0. The van der Waals surface area contributed by atoms with E-state index in [4.69, 9.17) is 0 Å². The summed E-state index contributed by atoms with van der Waals surface area (Å²) >= 11 is 3.29. The van der Waals surface area contributed by atoms with Crippen LogP contribution in [0.25, 0.3) is 0 Å². The molecule has 1 aromatic carbocycles. The van der Waals surface area contributed by atoms with Crippen molar-refractivity contribution >= 4 is 21.6 Å². The van der Waals surface area contributed by atoms with Crippen molar-refractivity contribution in [3.8, 4) is 0 Å². The molecule has 0 unspecified atom stereocenters. The second-order valence-electron chi connectivity index (χ2n) is 4.86. The van der Waals surface area contributed by atoms with E-state index in [1.165, 1.54) is 12.1 Å². The van der Waals surface area contributed by atoms with E-state index >= 15 is 0 Å². The summed E-state index contributed by atoms with van der Waals surface area (Å²) in [4.78, 5) is 0. The Balaban J connectivity index is 1.94. The van der Waals surface area contributed by atoms with E-state index in [0.717, 1.165) is 0 Å². The summed E-state index contributed by atoms with van der Waals surface area (Å²) in [5.74, 6) is -1.56. The van der Waals surface area contributed by atoms with Crippen molar-refractivity contribution < 1.29 is 17.6 Å². The first-order valence-electron chi connectivity index (χ1n) is 6.14. The Bertz CT molecular complexity index is 439. The predicted molar refractivity (Wildman–Crippen MR) is 69.5 cm³/mol. The molecule has 1 aliphatic carbocycles. The summed E-state index contributed by atoms with van der Waals surface area (Å²) in [6, 6.07) is 4.23. The van der Waals surface area contributed by atoms with Crippen molar-refractivity contribution in [2.24, 2.45) is 5.92 Å². The van der Waals surface area contributed by atoms with E-state index in [1.54, 1.807) is 6.07 Å². The highest BCUT2D eigenvalue weighted by molar-refractivity contribution is 9.10. The van der Waals surface area contributed by atoms with Crippen LogP contribution in [0.5, 0.6) is 0 Å². The van der Waals surface area contributed by atoms with Gasteiger partial charge in [0.25, 0.3) is 0 Å². The second-order valence-corrected chi connectivity index (χ2v) is 5.71. The van der Waals surface area contributed by atoms with Gasteiger partial charge in [-0.2, -0.15) is 13.2 Å². The third-order valence-corrected chi connectivity index (χ3v) is 4.17. The molecule has 1 N–H and O–H groups in total. The summed E-state index contributed by atoms with van der Waals surface area (Å²) in [5.41, 5.74) is 0.593. The number of alkyl halides is 3. The second kappa shape index (κ2) is 5.69. The summed E-state index contributed by atoms with van der Waals surface area (Å²) in [6.07, 6.45) is -2.92. The monoisotopic (exact) mass is 339 g/mol. The molecule has 0 aliphatic heterocycles. The lowest BCUT2D eigenvalue weighted by atomic mass is 9.85. The van der Waals surface area contributed by atoms with Crippen molar-refractivity contribution in [1.82, 2.24) is 0 Å². The SMILES string of the molecule is Fc1ccc(Br)c(NC2CCC(C(F)(F)F)CC2)c1. The molecule has 0 amide bonds. The van der Waals surface area contributed by atoms with Crippen LogP contribution in [0.1, 0.15) is 25.7 Å². The lowest BCUT2D eigenvalue weighted by Gasteiger charge is -2.31. The van der Waals surface area contributed by atoms with Crippen LogP contribution in [-0.4, -0.2) is 12.2 Å². The molecule has 1 saturated carbocycles. The number of halogens is 5. The van der Waals surface area contributed by atoms with E-state index in [9.17, 15) is 17.6 Å². The van der Waals surface area contributed by atoms with Crippen molar-refractivity contribution in [1.29, 1.82) is 0 Å². The third-order valence-electron chi connectivity index (χ3n) is 3.48. The van der Waals surface area contributed by atoms with Gasteiger partial charge < -0.3 is 5.32 Å². The highest BCUT2D eigenvalue weighted by Crippen LogP contribution is 2.38. The molecule has 0 saturated heterocycles. The average molecular weight is 340 g/mol. The summed E-state index contributed by atoms with van der Waals surface area (Å²) in [7, 11) is 0. The molecule has 0 atom stereocenters. The number of anilines is 1. The van der Waals surface area contributed by atoms with Crippen molar-refractivity contribution in [2.45, 2.75) is 37.9 Å². The van der Waals surface area contributed by atoms with Crippen molar-refractivity contribution in [3.63, 3.8) is 0 Å². The van der Waals surface area contributed by atoms with Crippen LogP contribution in [0.2, 0.25) is 0 Å². The Morgan fingerprint density at radius 2 is 1.74 bits per heavy atom. The first kappa shape index (κ1) is 14.6. The number of rotatable bonds is 2. The molecule has 0 bridgehead atoms. The van der Waals surface area contributed by atoms with Crippen LogP contribution in [0, 0.1) is 11.7 Å². The average Bonchev–Trinajstić information content (AvgIpc) is 2.33. The van der Waals surface area contributed by atoms with Crippen LogP contribution in [0.4, 0.5) is 23.2 Å². The Hall–Kier alpha value is -0.780. The maximum Gasteiger partial charge on any atom is 0.391 e. The predicted octanol–water partition coefficient (Wildman–Crippen LogP) is 5.12. The molecule has 0 spiro atoms. The molecule has 106 valence electrons. The van der Waals surface area contributed by atoms with Crippen molar-refractivity contribution in [2.75, 3.05) is 5.32 Å². The van der Waals surface area contributed by atoms with E-state index in [2.05, 4.69) is 21.2 Å². The largest absolute Gasteiger partial charge is 0.391 e. The highest BCUT2D eigenvalue weighted by Gasteiger charge is 2.41. The van der Waals surface area contributed by atoms with Gasteiger partial charge in [0.05, 0.1) is 11.6 Å². The molecule has 1 aromatic rings. The minimum absolute atomic E-state index is 0.0308. The Kier molecular flexibility index (Phi) is 4.38. The van der Waals surface area contributed by atoms with Crippen LogP contribution < -0.4 is 5.32 Å². The minimum atomic E-state index is -4.09. The molecule has 1 fully saturated rings. The summed E-state index contributed by atoms with van der Waals surface area (Å²) < 4.78 is 51.4. The molecule has 2 rings (SSSR count). The smallest absolute Gasteiger partial charge is 0.381 e. The topological polar surface area (TPSA) is 12.0 Å². The number of hydrogen-bond donors (Lipinski definition) is 1.